The summed E-state index contributed by atoms with van der Waals surface area (Å²) >= 11 is 5.77. The van der Waals surface area contributed by atoms with E-state index in [1.807, 2.05) is 0 Å². The number of likely N-dealkylation sites (tertiary alicyclic amines) is 2. The lowest BCUT2D eigenvalue weighted by molar-refractivity contribution is -0.139. The van der Waals surface area contributed by atoms with Gasteiger partial charge >= 0.3 is 6.09 Å². The van der Waals surface area contributed by atoms with E-state index in [4.69, 9.17) is 16.3 Å². The molecule has 1 unspecified atom stereocenters. The van der Waals surface area contributed by atoms with Crippen molar-refractivity contribution in [2.45, 2.75) is 38.4 Å². The van der Waals surface area contributed by atoms with Crippen LogP contribution in [0.1, 0.15) is 27.2 Å². The van der Waals surface area contributed by atoms with Crippen LogP contribution in [-0.2, 0) is 9.53 Å². The molecule has 1 atom stereocenters. The van der Waals surface area contributed by atoms with Crippen molar-refractivity contribution in [2.75, 3.05) is 32.1 Å². The van der Waals surface area contributed by atoms with Gasteiger partial charge < -0.3 is 19.6 Å². The first-order chi connectivity index (χ1) is 9.62. The molecular formula is C14H23ClN2O4. The lowest BCUT2D eigenvalue weighted by Crippen LogP contribution is -2.68. The molecule has 0 radical (unpaired) electrons. The third kappa shape index (κ3) is 4.01. The Morgan fingerprint density at radius 2 is 2.10 bits per heavy atom. The van der Waals surface area contributed by atoms with Crippen molar-refractivity contribution in [3.8, 4) is 0 Å². The Labute approximate surface area is 130 Å². The molecule has 1 N–H and O–H groups in total. The average molecular weight is 319 g/mol. The van der Waals surface area contributed by atoms with Crippen LogP contribution in [0.15, 0.2) is 0 Å². The number of β-amino-alcohol motifs (C(OH)–C–C–N with tert-alkyl or cyclic N) is 1. The van der Waals surface area contributed by atoms with Crippen LogP contribution in [0, 0.1) is 5.92 Å². The molecule has 21 heavy (non-hydrogen) atoms. The SMILES string of the molecule is CC(C)(C)OC(=O)N1CC(O)(CN2CC(CCl)CC2=O)C1. The van der Waals surface area contributed by atoms with Crippen LogP contribution in [-0.4, -0.2) is 70.2 Å². The molecule has 2 aliphatic heterocycles. The monoisotopic (exact) mass is 318 g/mol. The first-order valence-corrected chi connectivity index (χ1v) is 7.69. The number of halogens is 1. The van der Waals surface area contributed by atoms with Gasteiger partial charge in [-0.15, -0.1) is 11.6 Å². The van der Waals surface area contributed by atoms with E-state index < -0.39 is 17.3 Å². The minimum absolute atomic E-state index is 0.0183. The fraction of sp³-hybridized carbons (Fsp3) is 0.857. The summed E-state index contributed by atoms with van der Waals surface area (Å²) in [5.41, 5.74) is -1.59. The summed E-state index contributed by atoms with van der Waals surface area (Å²) in [6, 6.07) is 0. The average Bonchev–Trinajstić information content (AvgIpc) is 2.64. The molecule has 0 aromatic rings. The van der Waals surface area contributed by atoms with Crippen molar-refractivity contribution in [1.82, 2.24) is 9.80 Å². The lowest BCUT2D eigenvalue weighted by atomic mass is 9.94. The highest BCUT2D eigenvalue weighted by atomic mass is 35.5. The molecule has 0 spiro atoms. The molecule has 0 aromatic carbocycles. The summed E-state index contributed by atoms with van der Waals surface area (Å²) in [5, 5.41) is 10.4. The number of rotatable bonds is 3. The third-order valence-electron chi connectivity index (χ3n) is 3.62. The molecule has 6 nitrogen and oxygen atoms in total. The van der Waals surface area contributed by atoms with Crippen molar-refractivity contribution in [3.63, 3.8) is 0 Å². The van der Waals surface area contributed by atoms with Crippen LogP contribution in [0.4, 0.5) is 4.79 Å². The Hall–Kier alpha value is -1.01. The molecule has 7 heteroatoms. The first-order valence-electron chi connectivity index (χ1n) is 7.16. The van der Waals surface area contributed by atoms with Crippen molar-refractivity contribution in [1.29, 1.82) is 0 Å². The van der Waals surface area contributed by atoms with Gasteiger partial charge in [-0.05, 0) is 26.7 Å². The van der Waals surface area contributed by atoms with Crippen molar-refractivity contribution in [2.24, 2.45) is 5.92 Å². The van der Waals surface area contributed by atoms with E-state index in [0.29, 0.717) is 18.8 Å². The number of alkyl halides is 1. The number of aliphatic hydroxyl groups is 1. The predicted octanol–water partition coefficient (Wildman–Crippen LogP) is 1.06. The maximum Gasteiger partial charge on any atom is 0.410 e. The van der Waals surface area contributed by atoms with Gasteiger partial charge in [-0.2, -0.15) is 0 Å². The van der Waals surface area contributed by atoms with Gasteiger partial charge in [-0.25, -0.2) is 4.79 Å². The molecule has 0 aliphatic carbocycles. The second-order valence-corrected chi connectivity index (χ2v) is 7.37. The van der Waals surface area contributed by atoms with E-state index in [1.54, 1.807) is 25.7 Å². The number of hydrogen-bond donors (Lipinski definition) is 1. The zero-order valence-corrected chi connectivity index (χ0v) is 13.5. The second kappa shape index (κ2) is 5.65. The quantitative estimate of drug-likeness (QED) is 0.790. The van der Waals surface area contributed by atoms with Gasteiger partial charge in [0.25, 0.3) is 0 Å². The highest BCUT2D eigenvalue weighted by Crippen LogP contribution is 2.27. The predicted molar refractivity (Wildman–Crippen MR) is 78.2 cm³/mol. The fourth-order valence-corrected chi connectivity index (χ4v) is 2.89. The van der Waals surface area contributed by atoms with Crippen molar-refractivity contribution >= 4 is 23.6 Å². The summed E-state index contributed by atoms with van der Waals surface area (Å²) in [6.45, 7) is 6.61. The number of nitrogens with zero attached hydrogens (tertiary/aromatic N) is 2. The molecule has 2 heterocycles. The largest absolute Gasteiger partial charge is 0.444 e. The molecule has 2 aliphatic rings. The first kappa shape index (κ1) is 16.4. The van der Waals surface area contributed by atoms with Gasteiger partial charge in [0.15, 0.2) is 0 Å². The van der Waals surface area contributed by atoms with Crippen LogP contribution in [0.3, 0.4) is 0 Å². The minimum atomic E-state index is -1.03. The Balaban J connectivity index is 1.82. The van der Waals surface area contributed by atoms with E-state index in [9.17, 15) is 14.7 Å². The lowest BCUT2D eigenvalue weighted by Gasteiger charge is -2.47. The van der Waals surface area contributed by atoms with Crippen LogP contribution < -0.4 is 0 Å². The summed E-state index contributed by atoms with van der Waals surface area (Å²) in [5.74, 6) is 0.625. The fourth-order valence-electron chi connectivity index (χ4n) is 2.69. The smallest absolute Gasteiger partial charge is 0.410 e. The summed E-state index contributed by atoms with van der Waals surface area (Å²) in [6.07, 6.45) is 0.00795. The zero-order valence-electron chi connectivity index (χ0n) is 12.8. The van der Waals surface area contributed by atoms with Crippen LogP contribution in [0.25, 0.3) is 0 Å². The number of carbonyl (C=O) groups excluding carboxylic acids is 2. The van der Waals surface area contributed by atoms with Gasteiger partial charge in [0.1, 0.15) is 11.2 Å². The number of carbonyl (C=O) groups is 2. The summed E-state index contributed by atoms with van der Waals surface area (Å²) in [7, 11) is 0. The summed E-state index contributed by atoms with van der Waals surface area (Å²) < 4.78 is 5.24. The van der Waals surface area contributed by atoms with Gasteiger partial charge in [-0.3, -0.25) is 4.79 Å². The second-order valence-electron chi connectivity index (χ2n) is 7.06. The Morgan fingerprint density at radius 1 is 1.48 bits per heavy atom. The maximum atomic E-state index is 11.8. The maximum absolute atomic E-state index is 11.8. The molecule has 0 saturated carbocycles. The molecule has 2 amide bonds. The topological polar surface area (TPSA) is 70.1 Å². The Morgan fingerprint density at radius 3 is 2.57 bits per heavy atom. The van der Waals surface area contributed by atoms with Crippen LogP contribution >= 0.6 is 11.6 Å². The van der Waals surface area contributed by atoms with Gasteiger partial charge in [0, 0.05) is 18.8 Å². The highest BCUT2D eigenvalue weighted by Gasteiger charge is 2.47. The van der Waals surface area contributed by atoms with Gasteiger partial charge in [0.05, 0.1) is 19.6 Å². The van der Waals surface area contributed by atoms with Crippen molar-refractivity contribution in [3.05, 3.63) is 0 Å². The third-order valence-corrected chi connectivity index (χ3v) is 4.06. The van der Waals surface area contributed by atoms with Crippen molar-refractivity contribution < 1.29 is 19.4 Å². The standard InChI is InChI=1S/C14H23ClN2O4/c1-13(2,3)21-12(19)17-8-14(20,9-17)7-16-6-10(5-15)4-11(16)18/h10,20H,4-9H2,1-3H3. The van der Waals surface area contributed by atoms with Crippen LogP contribution in [0.2, 0.25) is 0 Å². The molecule has 2 rings (SSSR count). The van der Waals surface area contributed by atoms with E-state index in [2.05, 4.69) is 0 Å². The van der Waals surface area contributed by atoms with Gasteiger partial charge in [-0.1, -0.05) is 0 Å². The minimum Gasteiger partial charge on any atom is -0.444 e. The normalized spacial score (nSPS) is 25.0. The van der Waals surface area contributed by atoms with Gasteiger partial charge in [0.2, 0.25) is 5.91 Å². The Kier molecular flexibility index (Phi) is 4.40. The number of ether oxygens (including phenoxy) is 1. The highest BCUT2D eigenvalue weighted by molar-refractivity contribution is 6.18. The van der Waals surface area contributed by atoms with E-state index in [1.165, 1.54) is 4.90 Å². The molecule has 2 saturated heterocycles. The summed E-state index contributed by atoms with van der Waals surface area (Å²) in [4.78, 5) is 26.7. The molecular weight excluding hydrogens is 296 g/mol. The van der Waals surface area contributed by atoms with E-state index >= 15 is 0 Å². The van der Waals surface area contributed by atoms with Crippen LogP contribution in [0.5, 0.6) is 0 Å². The molecule has 0 bridgehead atoms. The molecule has 120 valence electrons. The molecule has 0 aromatic heterocycles. The molecule has 2 fully saturated rings. The zero-order chi connectivity index (χ0) is 15.8. The van der Waals surface area contributed by atoms with E-state index in [0.717, 1.165) is 0 Å². The van der Waals surface area contributed by atoms with E-state index in [-0.39, 0.29) is 31.5 Å². The number of amides is 2. The Bertz CT molecular complexity index is 429. The number of hydrogen-bond acceptors (Lipinski definition) is 4.